The highest BCUT2D eigenvalue weighted by molar-refractivity contribution is 4.90. The molecule has 21 heavy (non-hydrogen) atoms. The molecule has 0 heterocycles. The first kappa shape index (κ1) is 19.0. The van der Waals surface area contributed by atoms with Crippen molar-refractivity contribution in [1.82, 2.24) is 10.2 Å². The average molecular weight is 297 g/mol. The standard InChI is InChI=1S/C19H40N2/c1-7-12-20-14-19(10-8-18(6)9-11-19)15-21(17(4)5)13-16(2)3/h16-18,20H,7-15H2,1-6H3. The molecule has 0 atom stereocenters. The lowest BCUT2D eigenvalue weighted by molar-refractivity contribution is 0.0638. The van der Waals surface area contributed by atoms with E-state index in [2.05, 4.69) is 51.8 Å². The first-order valence-electron chi connectivity index (χ1n) is 9.33. The molecule has 0 aromatic heterocycles. The SMILES string of the molecule is CCCNCC1(CN(CC(C)C)C(C)C)CCC(C)CC1. The highest BCUT2D eigenvalue weighted by Crippen LogP contribution is 2.39. The van der Waals surface area contributed by atoms with Crippen LogP contribution in [0.15, 0.2) is 0 Å². The molecule has 2 heteroatoms. The van der Waals surface area contributed by atoms with E-state index < -0.39 is 0 Å². The van der Waals surface area contributed by atoms with Gasteiger partial charge in [-0.1, -0.05) is 40.5 Å². The molecule has 0 bridgehead atoms. The van der Waals surface area contributed by atoms with Crippen LogP contribution in [-0.2, 0) is 0 Å². The maximum absolute atomic E-state index is 3.73. The Bertz CT molecular complexity index is 265. The molecule has 1 aliphatic carbocycles. The van der Waals surface area contributed by atoms with Crippen molar-refractivity contribution in [2.24, 2.45) is 17.3 Å². The van der Waals surface area contributed by atoms with Crippen molar-refractivity contribution >= 4 is 0 Å². The van der Waals surface area contributed by atoms with Crippen molar-refractivity contribution in [3.8, 4) is 0 Å². The van der Waals surface area contributed by atoms with Gasteiger partial charge in [0.1, 0.15) is 0 Å². The molecular weight excluding hydrogens is 256 g/mol. The van der Waals surface area contributed by atoms with Gasteiger partial charge in [-0.2, -0.15) is 0 Å². The summed E-state index contributed by atoms with van der Waals surface area (Å²) in [4.78, 5) is 2.73. The van der Waals surface area contributed by atoms with Gasteiger partial charge in [0.05, 0.1) is 0 Å². The molecule has 0 unspecified atom stereocenters. The molecule has 1 saturated carbocycles. The van der Waals surface area contributed by atoms with Crippen molar-refractivity contribution in [2.45, 2.75) is 79.7 Å². The molecule has 0 aliphatic heterocycles. The second kappa shape index (κ2) is 9.15. The molecule has 2 nitrogen and oxygen atoms in total. The maximum atomic E-state index is 3.73. The summed E-state index contributed by atoms with van der Waals surface area (Å²) in [5, 5.41) is 3.73. The van der Waals surface area contributed by atoms with Crippen LogP contribution in [0, 0.1) is 17.3 Å². The minimum absolute atomic E-state index is 0.515. The molecule has 0 amide bonds. The molecule has 1 fully saturated rings. The van der Waals surface area contributed by atoms with Crippen molar-refractivity contribution < 1.29 is 0 Å². The summed E-state index contributed by atoms with van der Waals surface area (Å²) in [7, 11) is 0. The Morgan fingerprint density at radius 1 is 1.14 bits per heavy atom. The third kappa shape index (κ3) is 6.69. The molecule has 1 aliphatic rings. The lowest BCUT2D eigenvalue weighted by Crippen LogP contribution is -2.49. The first-order chi connectivity index (χ1) is 9.88. The van der Waals surface area contributed by atoms with Gasteiger partial charge in [-0.15, -0.1) is 0 Å². The lowest BCUT2D eigenvalue weighted by Gasteiger charge is -2.44. The lowest BCUT2D eigenvalue weighted by atomic mass is 9.70. The minimum atomic E-state index is 0.515. The Morgan fingerprint density at radius 2 is 1.76 bits per heavy atom. The highest BCUT2D eigenvalue weighted by atomic mass is 15.2. The molecule has 1 N–H and O–H groups in total. The van der Waals surface area contributed by atoms with Crippen LogP contribution in [0.25, 0.3) is 0 Å². The number of nitrogens with zero attached hydrogens (tertiary/aromatic N) is 1. The minimum Gasteiger partial charge on any atom is -0.316 e. The fraction of sp³-hybridized carbons (Fsp3) is 1.00. The second-order valence-electron chi connectivity index (χ2n) is 8.28. The van der Waals surface area contributed by atoms with Crippen molar-refractivity contribution in [3.05, 3.63) is 0 Å². The van der Waals surface area contributed by atoms with Crippen LogP contribution in [0.4, 0.5) is 0 Å². The molecule has 0 aromatic rings. The van der Waals surface area contributed by atoms with Gasteiger partial charge >= 0.3 is 0 Å². The van der Waals surface area contributed by atoms with Gasteiger partial charge in [0.25, 0.3) is 0 Å². The van der Waals surface area contributed by atoms with Gasteiger partial charge in [0.15, 0.2) is 0 Å². The monoisotopic (exact) mass is 296 g/mol. The van der Waals surface area contributed by atoms with E-state index in [1.54, 1.807) is 0 Å². The third-order valence-electron chi connectivity index (χ3n) is 5.13. The van der Waals surface area contributed by atoms with E-state index in [9.17, 15) is 0 Å². The van der Waals surface area contributed by atoms with Crippen LogP contribution in [0.1, 0.15) is 73.6 Å². The van der Waals surface area contributed by atoms with Crippen LogP contribution in [0.5, 0.6) is 0 Å². The molecule has 0 radical (unpaired) electrons. The number of rotatable bonds is 9. The first-order valence-corrected chi connectivity index (χ1v) is 9.33. The van der Waals surface area contributed by atoms with E-state index in [0.29, 0.717) is 11.5 Å². The summed E-state index contributed by atoms with van der Waals surface area (Å²) in [6.07, 6.45) is 6.90. The Kier molecular flexibility index (Phi) is 8.26. The van der Waals surface area contributed by atoms with E-state index in [0.717, 1.165) is 11.8 Å². The van der Waals surface area contributed by atoms with Crippen LogP contribution in [0.2, 0.25) is 0 Å². The van der Waals surface area contributed by atoms with Crippen LogP contribution < -0.4 is 5.32 Å². The van der Waals surface area contributed by atoms with Gasteiger partial charge < -0.3 is 10.2 Å². The molecule has 126 valence electrons. The largest absolute Gasteiger partial charge is 0.316 e. The highest BCUT2D eigenvalue weighted by Gasteiger charge is 2.36. The predicted octanol–water partition coefficient (Wildman–Crippen LogP) is 4.55. The second-order valence-corrected chi connectivity index (χ2v) is 8.28. The molecule has 0 aromatic carbocycles. The molecule has 0 spiro atoms. The zero-order valence-corrected chi connectivity index (χ0v) is 15.5. The summed E-state index contributed by atoms with van der Waals surface area (Å²) < 4.78 is 0. The van der Waals surface area contributed by atoms with Gasteiger partial charge in [0, 0.05) is 25.7 Å². The maximum Gasteiger partial charge on any atom is 0.00530 e. The van der Waals surface area contributed by atoms with Crippen molar-refractivity contribution in [2.75, 3.05) is 26.2 Å². The Balaban J connectivity index is 2.69. The number of nitrogens with one attached hydrogen (secondary N) is 1. The van der Waals surface area contributed by atoms with E-state index in [-0.39, 0.29) is 0 Å². The van der Waals surface area contributed by atoms with Gasteiger partial charge in [-0.3, -0.25) is 0 Å². The van der Waals surface area contributed by atoms with Gasteiger partial charge in [-0.05, 0) is 56.9 Å². The van der Waals surface area contributed by atoms with Crippen LogP contribution >= 0.6 is 0 Å². The third-order valence-corrected chi connectivity index (χ3v) is 5.13. The van der Waals surface area contributed by atoms with Crippen molar-refractivity contribution in [3.63, 3.8) is 0 Å². The predicted molar refractivity (Wildman–Crippen MR) is 94.8 cm³/mol. The number of hydrogen-bond donors (Lipinski definition) is 1. The van der Waals surface area contributed by atoms with Crippen LogP contribution in [-0.4, -0.2) is 37.1 Å². The van der Waals surface area contributed by atoms with E-state index in [1.807, 2.05) is 0 Å². The van der Waals surface area contributed by atoms with Gasteiger partial charge in [0.2, 0.25) is 0 Å². The quantitative estimate of drug-likeness (QED) is 0.628. The number of hydrogen-bond acceptors (Lipinski definition) is 2. The van der Waals surface area contributed by atoms with Crippen molar-refractivity contribution in [1.29, 1.82) is 0 Å². The summed E-state index contributed by atoms with van der Waals surface area (Å²) in [6.45, 7) is 19.0. The van der Waals surface area contributed by atoms with E-state index in [4.69, 9.17) is 0 Å². The zero-order valence-electron chi connectivity index (χ0n) is 15.5. The summed E-state index contributed by atoms with van der Waals surface area (Å²) in [5.41, 5.74) is 0.515. The fourth-order valence-electron chi connectivity index (χ4n) is 3.65. The fourth-order valence-corrected chi connectivity index (χ4v) is 3.65. The molecule has 0 saturated heterocycles. The Hall–Kier alpha value is -0.0800. The zero-order chi connectivity index (χ0) is 15.9. The Morgan fingerprint density at radius 3 is 2.24 bits per heavy atom. The topological polar surface area (TPSA) is 15.3 Å². The summed E-state index contributed by atoms with van der Waals surface area (Å²) >= 11 is 0. The van der Waals surface area contributed by atoms with E-state index >= 15 is 0 Å². The normalized spacial score (nSPS) is 27.0. The molecular formula is C19H40N2. The Labute approximate surface area is 134 Å². The summed E-state index contributed by atoms with van der Waals surface area (Å²) in [5.74, 6) is 1.69. The van der Waals surface area contributed by atoms with Crippen LogP contribution in [0.3, 0.4) is 0 Å². The average Bonchev–Trinajstić information content (AvgIpc) is 2.41. The van der Waals surface area contributed by atoms with Gasteiger partial charge in [-0.25, -0.2) is 0 Å². The van der Waals surface area contributed by atoms with E-state index in [1.165, 1.54) is 58.3 Å². The smallest absolute Gasteiger partial charge is 0.00530 e. The molecule has 1 rings (SSSR count). The summed E-state index contributed by atoms with van der Waals surface area (Å²) in [6, 6.07) is 0.662.